The van der Waals surface area contributed by atoms with Gasteiger partial charge < -0.3 is 5.11 Å². The van der Waals surface area contributed by atoms with E-state index < -0.39 is 0 Å². The molecule has 1 rings (SSSR count). The highest BCUT2D eigenvalue weighted by molar-refractivity contribution is 5.91. The molecule has 0 saturated heterocycles. The maximum Gasteiger partial charge on any atom is 0.163 e. The van der Waals surface area contributed by atoms with Gasteiger partial charge in [0.25, 0.3) is 0 Å². The van der Waals surface area contributed by atoms with Crippen LogP contribution in [0.2, 0.25) is 0 Å². The van der Waals surface area contributed by atoms with Crippen molar-refractivity contribution in [2.24, 2.45) is 0 Å². The lowest BCUT2D eigenvalue weighted by atomic mass is 10.1. The Labute approximate surface area is 90.3 Å². The SMILES string of the molecule is CCc1ccc(CC(=O)/C=C(/C)O)cc1. The van der Waals surface area contributed by atoms with Crippen LogP contribution in [0.1, 0.15) is 25.0 Å². The van der Waals surface area contributed by atoms with Crippen molar-refractivity contribution in [2.75, 3.05) is 0 Å². The van der Waals surface area contributed by atoms with E-state index >= 15 is 0 Å². The number of aryl methyl sites for hydroxylation is 1. The fraction of sp³-hybridized carbons (Fsp3) is 0.308. The van der Waals surface area contributed by atoms with Crippen LogP contribution in [0.5, 0.6) is 0 Å². The van der Waals surface area contributed by atoms with Gasteiger partial charge in [0.2, 0.25) is 0 Å². The molecule has 0 atom stereocenters. The number of ketones is 1. The van der Waals surface area contributed by atoms with E-state index in [-0.39, 0.29) is 11.5 Å². The lowest BCUT2D eigenvalue weighted by Gasteiger charge is -2.00. The molecule has 1 aromatic rings. The van der Waals surface area contributed by atoms with Crippen molar-refractivity contribution < 1.29 is 9.90 Å². The second-order valence-corrected chi connectivity index (χ2v) is 3.60. The van der Waals surface area contributed by atoms with Crippen LogP contribution in [0.3, 0.4) is 0 Å². The highest BCUT2D eigenvalue weighted by Gasteiger charge is 2.00. The zero-order valence-corrected chi connectivity index (χ0v) is 9.16. The monoisotopic (exact) mass is 204 g/mol. The van der Waals surface area contributed by atoms with Crippen molar-refractivity contribution in [1.82, 2.24) is 0 Å². The minimum Gasteiger partial charge on any atom is -0.512 e. The number of carbonyl (C=O) groups is 1. The molecule has 0 aromatic heterocycles. The third-order valence-corrected chi connectivity index (χ3v) is 2.18. The summed E-state index contributed by atoms with van der Waals surface area (Å²) in [7, 11) is 0. The number of hydrogen-bond donors (Lipinski definition) is 1. The van der Waals surface area contributed by atoms with Crippen LogP contribution >= 0.6 is 0 Å². The Morgan fingerprint density at radius 3 is 2.27 bits per heavy atom. The molecule has 0 fully saturated rings. The Balaban J connectivity index is 2.65. The number of aliphatic hydroxyl groups excluding tert-OH is 1. The van der Waals surface area contributed by atoms with Crippen LogP contribution in [0.15, 0.2) is 36.1 Å². The highest BCUT2D eigenvalue weighted by Crippen LogP contribution is 2.06. The number of benzene rings is 1. The number of aliphatic hydroxyl groups is 1. The van der Waals surface area contributed by atoms with Crippen LogP contribution in [0.4, 0.5) is 0 Å². The van der Waals surface area contributed by atoms with Gasteiger partial charge in [0.05, 0.1) is 5.76 Å². The van der Waals surface area contributed by atoms with E-state index in [1.807, 2.05) is 24.3 Å². The molecule has 0 saturated carbocycles. The first-order valence-electron chi connectivity index (χ1n) is 5.09. The molecule has 0 spiro atoms. The molecule has 0 radical (unpaired) electrons. The Hall–Kier alpha value is -1.57. The van der Waals surface area contributed by atoms with Crippen molar-refractivity contribution in [2.45, 2.75) is 26.7 Å². The predicted molar refractivity (Wildman–Crippen MR) is 60.9 cm³/mol. The number of hydrogen-bond acceptors (Lipinski definition) is 2. The molecule has 0 aliphatic carbocycles. The van der Waals surface area contributed by atoms with Crippen LogP contribution in [-0.4, -0.2) is 10.9 Å². The molecular weight excluding hydrogens is 188 g/mol. The molecule has 2 heteroatoms. The second kappa shape index (κ2) is 5.35. The Morgan fingerprint density at radius 1 is 1.27 bits per heavy atom. The van der Waals surface area contributed by atoms with Crippen molar-refractivity contribution in [3.63, 3.8) is 0 Å². The highest BCUT2D eigenvalue weighted by atomic mass is 16.3. The molecule has 1 N–H and O–H groups in total. The first-order chi connectivity index (χ1) is 7.11. The standard InChI is InChI=1S/C13H16O2/c1-3-11-4-6-12(7-5-11)9-13(15)8-10(2)14/h4-8,14H,3,9H2,1-2H3/b10-8-. The van der Waals surface area contributed by atoms with Crippen LogP contribution < -0.4 is 0 Å². The van der Waals surface area contributed by atoms with Crippen molar-refractivity contribution in [3.8, 4) is 0 Å². The normalized spacial score (nSPS) is 11.5. The number of rotatable bonds is 4. The average molecular weight is 204 g/mol. The first kappa shape index (κ1) is 11.5. The number of carbonyl (C=O) groups excluding carboxylic acids is 1. The van der Waals surface area contributed by atoms with E-state index in [9.17, 15) is 4.79 Å². The fourth-order valence-corrected chi connectivity index (χ4v) is 1.38. The Bertz CT molecular complexity index is 357. The molecule has 0 aliphatic rings. The van der Waals surface area contributed by atoms with E-state index in [1.165, 1.54) is 18.6 Å². The Kier molecular flexibility index (Phi) is 4.10. The topological polar surface area (TPSA) is 37.3 Å². The molecule has 0 amide bonds. The van der Waals surface area contributed by atoms with Crippen molar-refractivity contribution in [1.29, 1.82) is 0 Å². The van der Waals surface area contributed by atoms with Gasteiger partial charge in [-0.25, -0.2) is 0 Å². The van der Waals surface area contributed by atoms with Gasteiger partial charge in [0.15, 0.2) is 5.78 Å². The van der Waals surface area contributed by atoms with Crippen molar-refractivity contribution >= 4 is 5.78 Å². The van der Waals surface area contributed by atoms with Gasteiger partial charge >= 0.3 is 0 Å². The summed E-state index contributed by atoms with van der Waals surface area (Å²) in [5.41, 5.74) is 2.25. The van der Waals surface area contributed by atoms with E-state index in [1.54, 1.807) is 0 Å². The lowest BCUT2D eigenvalue weighted by Crippen LogP contribution is -1.99. The largest absolute Gasteiger partial charge is 0.512 e. The predicted octanol–water partition coefficient (Wildman–Crippen LogP) is 2.82. The summed E-state index contributed by atoms with van der Waals surface area (Å²) in [6, 6.07) is 7.96. The molecule has 0 bridgehead atoms. The second-order valence-electron chi connectivity index (χ2n) is 3.60. The molecule has 2 nitrogen and oxygen atoms in total. The van der Waals surface area contributed by atoms with Crippen molar-refractivity contribution in [3.05, 3.63) is 47.2 Å². The fourth-order valence-electron chi connectivity index (χ4n) is 1.38. The number of allylic oxidation sites excluding steroid dienone is 2. The molecule has 1 aromatic carbocycles. The molecule has 0 unspecified atom stereocenters. The van der Waals surface area contributed by atoms with Gasteiger partial charge in [-0.05, 0) is 24.5 Å². The van der Waals surface area contributed by atoms with Gasteiger partial charge in [0.1, 0.15) is 0 Å². The molecule has 0 heterocycles. The summed E-state index contributed by atoms with van der Waals surface area (Å²) >= 11 is 0. The van der Waals surface area contributed by atoms with Gasteiger partial charge in [-0.1, -0.05) is 31.2 Å². The van der Waals surface area contributed by atoms with E-state index in [2.05, 4.69) is 6.92 Å². The Morgan fingerprint density at radius 2 is 1.80 bits per heavy atom. The molecular formula is C13H16O2. The maximum absolute atomic E-state index is 11.3. The third-order valence-electron chi connectivity index (χ3n) is 2.18. The summed E-state index contributed by atoms with van der Waals surface area (Å²) in [5.74, 6) is -0.00979. The molecule has 15 heavy (non-hydrogen) atoms. The molecule has 80 valence electrons. The van der Waals surface area contributed by atoms with Gasteiger partial charge in [-0.2, -0.15) is 0 Å². The zero-order chi connectivity index (χ0) is 11.3. The minimum atomic E-state index is -0.0701. The van der Waals surface area contributed by atoms with E-state index in [4.69, 9.17) is 5.11 Å². The quantitative estimate of drug-likeness (QED) is 0.605. The van der Waals surface area contributed by atoms with Gasteiger partial charge in [-0.3, -0.25) is 4.79 Å². The summed E-state index contributed by atoms with van der Waals surface area (Å²) in [6.07, 6.45) is 2.61. The third kappa shape index (κ3) is 3.98. The van der Waals surface area contributed by atoms with Crippen LogP contribution in [0, 0.1) is 0 Å². The van der Waals surface area contributed by atoms with E-state index in [0.717, 1.165) is 12.0 Å². The summed E-state index contributed by atoms with van der Waals surface area (Å²) in [4.78, 5) is 11.3. The minimum absolute atomic E-state index is 0.0604. The summed E-state index contributed by atoms with van der Waals surface area (Å²) in [5, 5.41) is 8.92. The smallest absolute Gasteiger partial charge is 0.163 e. The van der Waals surface area contributed by atoms with E-state index in [0.29, 0.717) is 6.42 Å². The van der Waals surface area contributed by atoms with Crippen LogP contribution in [-0.2, 0) is 17.6 Å². The maximum atomic E-state index is 11.3. The van der Waals surface area contributed by atoms with Crippen LogP contribution in [0.25, 0.3) is 0 Å². The zero-order valence-electron chi connectivity index (χ0n) is 9.16. The first-order valence-corrected chi connectivity index (χ1v) is 5.09. The molecule has 0 aliphatic heterocycles. The summed E-state index contributed by atoms with van der Waals surface area (Å²) in [6.45, 7) is 3.59. The average Bonchev–Trinajstić information content (AvgIpc) is 2.17. The van der Waals surface area contributed by atoms with Gasteiger partial charge in [0, 0.05) is 12.5 Å². The summed E-state index contributed by atoms with van der Waals surface area (Å²) < 4.78 is 0. The lowest BCUT2D eigenvalue weighted by molar-refractivity contribution is -0.114. The van der Waals surface area contributed by atoms with Gasteiger partial charge in [-0.15, -0.1) is 0 Å².